The molecule has 0 bridgehead atoms. The third-order valence-corrected chi connectivity index (χ3v) is 3.91. The molecule has 3 rings (SSSR count). The summed E-state index contributed by atoms with van der Waals surface area (Å²) >= 11 is 0. The first-order chi connectivity index (χ1) is 10.1. The summed E-state index contributed by atoms with van der Waals surface area (Å²) in [4.78, 5) is 22.8. The highest BCUT2D eigenvalue weighted by atomic mass is 16.2. The Kier molecular flexibility index (Phi) is 3.83. The molecule has 0 aromatic carbocycles. The molecule has 0 spiro atoms. The van der Waals surface area contributed by atoms with Gasteiger partial charge in [0, 0.05) is 37.6 Å². The van der Waals surface area contributed by atoms with Crippen LogP contribution < -0.4 is 5.32 Å². The van der Waals surface area contributed by atoms with Crippen molar-refractivity contribution in [1.29, 1.82) is 0 Å². The van der Waals surface area contributed by atoms with Crippen molar-refractivity contribution in [3.63, 3.8) is 0 Å². The van der Waals surface area contributed by atoms with Crippen molar-refractivity contribution in [1.82, 2.24) is 29.8 Å². The monoisotopic (exact) mass is 288 g/mol. The Bertz CT molecular complexity index is 596. The smallest absolute Gasteiger partial charge is 0.291 e. The maximum absolute atomic E-state index is 12.2. The second-order valence-corrected chi connectivity index (χ2v) is 5.68. The normalized spacial score (nSPS) is 17.5. The van der Waals surface area contributed by atoms with Gasteiger partial charge >= 0.3 is 0 Å². The largest absolute Gasteiger partial charge is 0.346 e. The third-order valence-electron chi connectivity index (χ3n) is 3.91. The maximum atomic E-state index is 12.2. The average molecular weight is 288 g/mol. The molecule has 2 aromatic rings. The molecule has 112 valence electrons. The van der Waals surface area contributed by atoms with Gasteiger partial charge in [-0.25, -0.2) is 9.50 Å². The lowest BCUT2D eigenvalue weighted by Crippen LogP contribution is -2.46. The van der Waals surface area contributed by atoms with E-state index in [1.807, 2.05) is 0 Å². The van der Waals surface area contributed by atoms with Crippen LogP contribution in [0.15, 0.2) is 18.5 Å². The van der Waals surface area contributed by atoms with Crippen LogP contribution in [0.2, 0.25) is 0 Å². The summed E-state index contributed by atoms with van der Waals surface area (Å²) in [5, 5.41) is 7.17. The number of nitrogens with zero attached hydrogens (tertiary/aromatic N) is 5. The number of hydrogen-bond acceptors (Lipinski definition) is 5. The molecule has 1 aliphatic rings. The van der Waals surface area contributed by atoms with Gasteiger partial charge in [0.1, 0.15) is 0 Å². The summed E-state index contributed by atoms with van der Waals surface area (Å²) in [5.41, 5.74) is 0. The number of nitrogens with one attached hydrogen (secondary N) is 1. The second-order valence-electron chi connectivity index (χ2n) is 5.68. The number of amides is 1. The Morgan fingerprint density at radius 2 is 2.14 bits per heavy atom. The predicted molar refractivity (Wildman–Crippen MR) is 78.0 cm³/mol. The second kappa shape index (κ2) is 5.77. The molecule has 1 fully saturated rings. The molecule has 7 heteroatoms. The van der Waals surface area contributed by atoms with Crippen LogP contribution in [0.25, 0.3) is 5.78 Å². The summed E-state index contributed by atoms with van der Waals surface area (Å²) in [5.74, 6) is 0.403. The van der Waals surface area contributed by atoms with Crippen LogP contribution >= 0.6 is 0 Å². The summed E-state index contributed by atoms with van der Waals surface area (Å²) in [6.45, 7) is 6.44. The molecule has 1 saturated heterocycles. The van der Waals surface area contributed by atoms with Gasteiger partial charge in [-0.1, -0.05) is 0 Å². The molecule has 3 heterocycles. The van der Waals surface area contributed by atoms with Gasteiger partial charge in [-0.15, -0.1) is 5.10 Å². The van der Waals surface area contributed by atoms with E-state index in [0.717, 1.165) is 25.9 Å². The minimum Gasteiger partial charge on any atom is -0.346 e. The fraction of sp³-hybridized carbons (Fsp3) is 0.571. The van der Waals surface area contributed by atoms with E-state index in [0.29, 0.717) is 11.8 Å². The Morgan fingerprint density at radius 3 is 2.81 bits per heavy atom. The van der Waals surface area contributed by atoms with Crippen molar-refractivity contribution in [3.05, 3.63) is 24.3 Å². The maximum Gasteiger partial charge on any atom is 0.291 e. The minimum atomic E-state index is -0.219. The fourth-order valence-corrected chi connectivity index (χ4v) is 2.64. The van der Waals surface area contributed by atoms with E-state index < -0.39 is 0 Å². The Labute approximate surface area is 123 Å². The van der Waals surface area contributed by atoms with Crippen molar-refractivity contribution in [2.24, 2.45) is 0 Å². The molecule has 0 unspecified atom stereocenters. The lowest BCUT2D eigenvalue weighted by atomic mass is 10.0. The number of likely N-dealkylation sites (tertiary alicyclic amines) is 1. The molecule has 7 nitrogen and oxygen atoms in total. The first-order valence-electron chi connectivity index (χ1n) is 7.36. The Balaban J connectivity index is 1.62. The zero-order valence-electron chi connectivity index (χ0n) is 12.4. The highest BCUT2D eigenvalue weighted by Crippen LogP contribution is 2.13. The lowest BCUT2D eigenvalue weighted by Gasteiger charge is -2.34. The van der Waals surface area contributed by atoms with E-state index in [-0.39, 0.29) is 17.8 Å². The molecule has 1 amide bonds. The van der Waals surface area contributed by atoms with E-state index in [1.165, 1.54) is 4.52 Å². The summed E-state index contributed by atoms with van der Waals surface area (Å²) < 4.78 is 1.51. The first-order valence-corrected chi connectivity index (χ1v) is 7.36. The number of piperidine rings is 1. The fourth-order valence-electron chi connectivity index (χ4n) is 2.64. The molecule has 0 saturated carbocycles. The zero-order valence-corrected chi connectivity index (χ0v) is 12.4. The van der Waals surface area contributed by atoms with Crippen LogP contribution in [-0.2, 0) is 0 Å². The quantitative estimate of drug-likeness (QED) is 0.901. The third kappa shape index (κ3) is 3.02. The topological polar surface area (TPSA) is 75.4 Å². The van der Waals surface area contributed by atoms with Crippen molar-refractivity contribution >= 4 is 11.7 Å². The van der Waals surface area contributed by atoms with Crippen molar-refractivity contribution in [3.8, 4) is 0 Å². The van der Waals surface area contributed by atoms with Gasteiger partial charge in [0.2, 0.25) is 5.82 Å². The van der Waals surface area contributed by atoms with Crippen LogP contribution in [0.5, 0.6) is 0 Å². The van der Waals surface area contributed by atoms with E-state index in [9.17, 15) is 4.79 Å². The van der Waals surface area contributed by atoms with E-state index in [1.54, 1.807) is 18.5 Å². The van der Waals surface area contributed by atoms with E-state index in [4.69, 9.17) is 0 Å². The molecular formula is C14H20N6O. The van der Waals surface area contributed by atoms with Gasteiger partial charge in [0.15, 0.2) is 0 Å². The molecule has 0 atom stereocenters. The highest BCUT2D eigenvalue weighted by Gasteiger charge is 2.23. The standard InChI is InChI=1S/C14H20N6O/c1-10(2)19-8-4-11(5-9-19)16-13(21)12-17-14-15-6-3-7-20(14)18-12/h3,6-7,10-11H,4-5,8-9H2,1-2H3,(H,16,21). The van der Waals surface area contributed by atoms with Crippen molar-refractivity contribution in [2.45, 2.75) is 38.8 Å². The van der Waals surface area contributed by atoms with Crippen LogP contribution in [0.3, 0.4) is 0 Å². The molecule has 1 aliphatic heterocycles. The van der Waals surface area contributed by atoms with Gasteiger partial charge in [-0.05, 0) is 32.8 Å². The number of aromatic nitrogens is 4. The number of fused-ring (bicyclic) bond motifs is 1. The minimum absolute atomic E-state index is 0.181. The van der Waals surface area contributed by atoms with Gasteiger partial charge in [-0.3, -0.25) is 4.79 Å². The van der Waals surface area contributed by atoms with Crippen LogP contribution in [0.1, 0.15) is 37.3 Å². The first kappa shape index (κ1) is 13.9. The molecule has 2 aromatic heterocycles. The summed E-state index contributed by atoms with van der Waals surface area (Å²) in [7, 11) is 0. The molecule has 0 radical (unpaired) electrons. The zero-order chi connectivity index (χ0) is 14.8. The van der Waals surface area contributed by atoms with Gasteiger partial charge in [-0.2, -0.15) is 4.98 Å². The summed E-state index contributed by atoms with van der Waals surface area (Å²) in [6.07, 6.45) is 5.30. The summed E-state index contributed by atoms with van der Waals surface area (Å²) in [6, 6.07) is 2.52. The molecule has 0 aliphatic carbocycles. The molecular weight excluding hydrogens is 268 g/mol. The van der Waals surface area contributed by atoms with Crippen molar-refractivity contribution < 1.29 is 4.79 Å². The van der Waals surface area contributed by atoms with E-state index >= 15 is 0 Å². The molecule has 21 heavy (non-hydrogen) atoms. The Morgan fingerprint density at radius 1 is 1.38 bits per heavy atom. The van der Waals surface area contributed by atoms with Crippen LogP contribution in [0.4, 0.5) is 0 Å². The SMILES string of the molecule is CC(C)N1CCC(NC(=O)c2nc3ncccn3n2)CC1. The van der Waals surface area contributed by atoms with Gasteiger partial charge in [0.25, 0.3) is 11.7 Å². The van der Waals surface area contributed by atoms with E-state index in [2.05, 4.69) is 39.1 Å². The predicted octanol–water partition coefficient (Wildman–Crippen LogP) is 0.727. The average Bonchev–Trinajstić information content (AvgIpc) is 2.92. The van der Waals surface area contributed by atoms with Crippen LogP contribution in [-0.4, -0.2) is 55.6 Å². The molecule has 1 N–H and O–H groups in total. The van der Waals surface area contributed by atoms with Gasteiger partial charge in [0.05, 0.1) is 0 Å². The number of rotatable bonds is 3. The number of hydrogen-bond donors (Lipinski definition) is 1. The Hall–Kier alpha value is -2.02. The van der Waals surface area contributed by atoms with Gasteiger partial charge < -0.3 is 10.2 Å². The highest BCUT2D eigenvalue weighted by molar-refractivity contribution is 5.91. The lowest BCUT2D eigenvalue weighted by molar-refractivity contribution is 0.0890. The van der Waals surface area contributed by atoms with Crippen LogP contribution in [0, 0.1) is 0 Å². The number of carbonyl (C=O) groups is 1. The van der Waals surface area contributed by atoms with Crippen molar-refractivity contribution in [2.75, 3.05) is 13.1 Å². The number of carbonyl (C=O) groups excluding carboxylic acids is 1.